The van der Waals surface area contributed by atoms with Gasteiger partial charge in [-0.25, -0.2) is 0 Å². The number of hydrogen-bond acceptors (Lipinski definition) is 6. The second kappa shape index (κ2) is 69.0. The van der Waals surface area contributed by atoms with Gasteiger partial charge in [-0.1, -0.05) is 296 Å². The van der Waals surface area contributed by atoms with Crippen LogP contribution in [0.15, 0.2) is 134 Å². The van der Waals surface area contributed by atoms with E-state index in [4.69, 9.17) is 14.2 Å². The number of allylic oxidation sites excluding steroid dienone is 22. The Kier molecular flexibility index (Phi) is 65.3. The van der Waals surface area contributed by atoms with Crippen LogP contribution in [0.4, 0.5) is 0 Å². The molecule has 0 spiro atoms. The van der Waals surface area contributed by atoms with E-state index in [-0.39, 0.29) is 31.1 Å². The normalized spacial score (nSPS) is 13.0. The van der Waals surface area contributed by atoms with E-state index in [0.717, 1.165) is 154 Å². The van der Waals surface area contributed by atoms with Crippen LogP contribution in [0.1, 0.15) is 310 Å². The topological polar surface area (TPSA) is 78.9 Å². The van der Waals surface area contributed by atoms with Crippen molar-refractivity contribution in [3.8, 4) is 0 Å². The van der Waals surface area contributed by atoms with E-state index < -0.39 is 6.10 Å². The van der Waals surface area contributed by atoms with E-state index in [2.05, 4.69) is 154 Å². The van der Waals surface area contributed by atoms with Crippen molar-refractivity contribution in [1.82, 2.24) is 0 Å². The molecule has 0 fully saturated rings. The van der Waals surface area contributed by atoms with Crippen LogP contribution in [0, 0.1) is 0 Å². The van der Waals surface area contributed by atoms with Gasteiger partial charge in [0.1, 0.15) is 13.2 Å². The predicted molar refractivity (Wildman–Crippen MR) is 357 cm³/mol. The quantitative estimate of drug-likeness (QED) is 0.0261. The third-order valence-electron chi connectivity index (χ3n) is 14.4. The Hall–Kier alpha value is -4.45. The summed E-state index contributed by atoms with van der Waals surface area (Å²) in [6, 6.07) is 0. The second-order valence-electron chi connectivity index (χ2n) is 22.3. The van der Waals surface area contributed by atoms with Gasteiger partial charge in [-0.05, 0) is 128 Å². The van der Waals surface area contributed by atoms with Crippen LogP contribution in [0.3, 0.4) is 0 Å². The lowest BCUT2D eigenvalue weighted by Gasteiger charge is -2.18. The minimum absolute atomic E-state index is 0.0901. The van der Waals surface area contributed by atoms with Gasteiger partial charge in [-0.15, -0.1) is 0 Å². The van der Waals surface area contributed by atoms with Crippen molar-refractivity contribution in [1.29, 1.82) is 0 Å². The van der Waals surface area contributed by atoms with Gasteiger partial charge in [-0.3, -0.25) is 14.4 Å². The molecule has 0 saturated carbocycles. The minimum Gasteiger partial charge on any atom is -0.462 e. The van der Waals surface area contributed by atoms with Gasteiger partial charge in [-0.2, -0.15) is 0 Å². The number of hydrogen-bond donors (Lipinski definition) is 0. The molecule has 466 valence electrons. The van der Waals surface area contributed by atoms with Crippen LogP contribution in [-0.2, 0) is 28.6 Å². The van der Waals surface area contributed by atoms with Crippen molar-refractivity contribution in [2.45, 2.75) is 316 Å². The first-order valence-electron chi connectivity index (χ1n) is 34.2. The third kappa shape index (κ3) is 66.4. The Balaban J connectivity index is 4.28. The molecule has 6 heteroatoms. The van der Waals surface area contributed by atoms with Crippen molar-refractivity contribution in [2.24, 2.45) is 0 Å². The summed E-state index contributed by atoms with van der Waals surface area (Å²) in [4.78, 5) is 38.4. The Morgan fingerprint density at radius 3 is 0.744 bits per heavy atom. The van der Waals surface area contributed by atoms with E-state index in [1.807, 2.05) is 0 Å². The number of carbonyl (C=O) groups excluding carboxylic acids is 3. The van der Waals surface area contributed by atoms with E-state index in [0.29, 0.717) is 19.3 Å². The predicted octanol–water partition coefficient (Wildman–Crippen LogP) is 23.7. The number of unbranched alkanes of at least 4 members (excludes halogenated alkanes) is 28. The highest BCUT2D eigenvalue weighted by molar-refractivity contribution is 5.71. The minimum atomic E-state index is -0.796. The van der Waals surface area contributed by atoms with Crippen LogP contribution in [0.25, 0.3) is 0 Å². The van der Waals surface area contributed by atoms with Gasteiger partial charge in [0.05, 0.1) is 0 Å². The molecule has 0 rings (SSSR count). The number of carbonyl (C=O) groups is 3. The Labute approximate surface area is 506 Å². The summed E-state index contributed by atoms with van der Waals surface area (Å²) in [5.74, 6) is -0.912. The highest BCUT2D eigenvalue weighted by Gasteiger charge is 2.19. The van der Waals surface area contributed by atoms with Gasteiger partial charge >= 0.3 is 17.9 Å². The standard InChI is InChI=1S/C76H126O6/c1-4-7-10-13-16-19-22-25-28-30-32-33-34-35-36-37-38-39-40-41-42-43-45-46-48-51-54-57-60-63-66-69-75(78)81-72-73(71-80-74(77)68-65-62-59-56-53-50-27-24-21-18-15-12-9-6-3)82-76(79)70-67-64-61-58-55-52-49-47-44-31-29-26-23-20-17-14-11-8-5-2/h7-8,10-11,15-20,24-29,32-33,35-36,44,47,73H,4-6,9,12-14,21-23,30-31,34,37-43,45-46,48-72H2,1-3H3/b10-7-,11-8-,18-15-,19-16-,20-17-,27-24-,28-25-,29-26-,33-32-,36-35-,47-44-. The molecule has 1 unspecified atom stereocenters. The first-order chi connectivity index (χ1) is 40.5. The van der Waals surface area contributed by atoms with E-state index >= 15 is 0 Å². The van der Waals surface area contributed by atoms with Crippen LogP contribution < -0.4 is 0 Å². The van der Waals surface area contributed by atoms with Gasteiger partial charge in [0.15, 0.2) is 6.10 Å². The molecule has 0 aliphatic heterocycles. The maximum Gasteiger partial charge on any atom is 0.306 e. The highest BCUT2D eigenvalue weighted by Crippen LogP contribution is 2.16. The monoisotopic (exact) mass is 1130 g/mol. The fourth-order valence-electron chi connectivity index (χ4n) is 9.30. The fraction of sp³-hybridized carbons (Fsp3) is 0.671. The summed E-state index contributed by atoms with van der Waals surface area (Å²) in [5.41, 5.74) is 0. The van der Waals surface area contributed by atoms with Crippen molar-refractivity contribution in [3.05, 3.63) is 134 Å². The lowest BCUT2D eigenvalue weighted by Crippen LogP contribution is -2.30. The van der Waals surface area contributed by atoms with E-state index in [1.54, 1.807) is 0 Å². The van der Waals surface area contributed by atoms with Crippen LogP contribution in [0.2, 0.25) is 0 Å². The van der Waals surface area contributed by atoms with Crippen molar-refractivity contribution >= 4 is 17.9 Å². The van der Waals surface area contributed by atoms with Crippen molar-refractivity contribution in [3.63, 3.8) is 0 Å². The Bertz CT molecular complexity index is 1730. The molecular formula is C76H126O6. The summed E-state index contributed by atoms with van der Waals surface area (Å²) in [5, 5.41) is 0. The zero-order valence-electron chi connectivity index (χ0n) is 53.5. The molecule has 0 amide bonds. The average Bonchev–Trinajstić information content (AvgIpc) is 3.47. The molecule has 1 atom stereocenters. The van der Waals surface area contributed by atoms with Gasteiger partial charge in [0, 0.05) is 19.3 Å². The molecule has 0 aromatic carbocycles. The smallest absolute Gasteiger partial charge is 0.306 e. The van der Waals surface area contributed by atoms with Crippen molar-refractivity contribution < 1.29 is 28.6 Å². The molecule has 0 bridgehead atoms. The van der Waals surface area contributed by atoms with E-state index in [9.17, 15) is 14.4 Å². The molecule has 0 radical (unpaired) electrons. The summed E-state index contributed by atoms with van der Waals surface area (Å²) in [7, 11) is 0. The SMILES string of the molecule is CC/C=C\C/C=C\C/C=C\C/C=C\C/C=C\CCCCCCCCCCCCCCCCCC(=O)OCC(COC(=O)CCCCCCC/C=C\C/C=C\CCCC)OC(=O)CCCCCCCC/C=C\C/C=C\C/C=C\C/C=C\CC. The molecule has 0 heterocycles. The lowest BCUT2D eigenvalue weighted by molar-refractivity contribution is -0.167. The molecule has 6 nitrogen and oxygen atoms in total. The average molecular weight is 1140 g/mol. The molecule has 0 saturated heterocycles. The first-order valence-corrected chi connectivity index (χ1v) is 34.2. The summed E-state index contributed by atoms with van der Waals surface area (Å²) in [6.45, 7) is 6.37. The number of esters is 3. The molecule has 0 aliphatic rings. The maximum absolute atomic E-state index is 12.9. The maximum atomic E-state index is 12.9. The fourth-order valence-corrected chi connectivity index (χ4v) is 9.30. The van der Waals surface area contributed by atoms with E-state index in [1.165, 1.54) is 116 Å². The molecule has 0 aromatic rings. The summed E-state index contributed by atoms with van der Waals surface area (Å²) >= 11 is 0. The molecule has 0 aromatic heterocycles. The van der Waals surface area contributed by atoms with Gasteiger partial charge in [0.25, 0.3) is 0 Å². The lowest BCUT2D eigenvalue weighted by atomic mass is 10.0. The van der Waals surface area contributed by atoms with Crippen LogP contribution in [-0.4, -0.2) is 37.2 Å². The van der Waals surface area contributed by atoms with Crippen LogP contribution in [0.5, 0.6) is 0 Å². The summed E-state index contributed by atoms with van der Waals surface area (Å²) < 4.78 is 16.9. The number of rotatable bonds is 61. The highest BCUT2D eigenvalue weighted by atomic mass is 16.6. The molecule has 82 heavy (non-hydrogen) atoms. The second-order valence-corrected chi connectivity index (χ2v) is 22.3. The first kappa shape index (κ1) is 77.5. The molecular weight excluding hydrogens is 1010 g/mol. The van der Waals surface area contributed by atoms with Crippen LogP contribution >= 0.6 is 0 Å². The number of ether oxygens (including phenoxy) is 3. The largest absolute Gasteiger partial charge is 0.462 e. The zero-order chi connectivity index (χ0) is 59.2. The van der Waals surface area contributed by atoms with Gasteiger partial charge < -0.3 is 14.2 Å². The van der Waals surface area contributed by atoms with Gasteiger partial charge in [0.2, 0.25) is 0 Å². The third-order valence-corrected chi connectivity index (χ3v) is 14.4. The zero-order valence-corrected chi connectivity index (χ0v) is 53.5. The Morgan fingerprint density at radius 1 is 0.256 bits per heavy atom. The van der Waals surface area contributed by atoms with Crippen molar-refractivity contribution in [2.75, 3.05) is 13.2 Å². The Morgan fingerprint density at radius 2 is 0.476 bits per heavy atom. The molecule has 0 N–H and O–H groups in total. The molecule has 0 aliphatic carbocycles. The summed E-state index contributed by atoms with van der Waals surface area (Å²) in [6.07, 6.45) is 97.5.